The Morgan fingerprint density at radius 2 is 1.88 bits per heavy atom. The van der Waals surface area contributed by atoms with Crippen LogP contribution in [0.3, 0.4) is 0 Å². The molecule has 1 saturated heterocycles. The summed E-state index contributed by atoms with van der Waals surface area (Å²) < 4.78 is 5.33. The standard InChI is InChI=1S/C16H19ClN4O.2ClH/c17-14-3-1-2-13(12-14)15-4-5-16(20-19-15)18-6-7-21-8-10-22-11-9-21;;/h1-5,12H,6-11H2,(H,18,20);2*1H. The lowest BCUT2D eigenvalue weighted by molar-refractivity contribution is 0.0398. The summed E-state index contributed by atoms with van der Waals surface area (Å²) in [4.78, 5) is 2.38. The van der Waals surface area contributed by atoms with Gasteiger partial charge < -0.3 is 10.1 Å². The maximum atomic E-state index is 5.99. The van der Waals surface area contributed by atoms with E-state index in [1.54, 1.807) is 0 Å². The topological polar surface area (TPSA) is 50.3 Å². The Morgan fingerprint density at radius 3 is 2.54 bits per heavy atom. The number of benzene rings is 1. The number of hydrogen-bond donors (Lipinski definition) is 1. The molecule has 0 aliphatic carbocycles. The molecule has 1 aromatic heterocycles. The van der Waals surface area contributed by atoms with Gasteiger partial charge in [0.25, 0.3) is 0 Å². The quantitative estimate of drug-likeness (QED) is 0.846. The van der Waals surface area contributed by atoms with Crippen LogP contribution in [0.2, 0.25) is 5.02 Å². The lowest BCUT2D eigenvalue weighted by Crippen LogP contribution is -2.39. The molecule has 1 aromatic carbocycles. The molecule has 1 N–H and O–H groups in total. The SMILES string of the molecule is Cl.Cl.Clc1cccc(-c2ccc(NCCN3CCOCC3)nn2)c1. The van der Waals surface area contributed by atoms with Crippen LogP contribution in [0, 0.1) is 0 Å². The van der Waals surface area contributed by atoms with E-state index < -0.39 is 0 Å². The fourth-order valence-corrected chi connectivity index (χ4v) is 2.59. The number of aromatic nitrogens is 2. The van der Waals surface area contributed by atoms with E-state index in [0.29, 0.717) is 5.02 Å². The van der Waals surface area contributed by atoms with Crippen molar-refractivity contribution < 1.29 is 4.74 Å². The minimum absolute atomic E-state index is 0. The summed E-state index contributed by atoms with van der Waals surface area (Å²) in [7, 11) is 0. The number of rotatable bonds is 5. The molecule has 0 bridgehead atoms. The summed E-state index contributed by atoms with van der Waals surface area (Å²) in [6.07, 6.45) is 0. The molecule has 3 rings (SSSR count). The molecule has 5 nitrogen and oxygen atoms in total. The Labute approximate surface area is 159 Å². The highest BCUT2D eigenvalue weighted by Crippen LogP contribution is 2.20. The fourth-order valence-electron chi connectivity index (χ4n) is 2.40. The first kappa shape index (κ1) is 20.9. The van der Waals surface area contributed by atoms with E-state index in [2.05, 4.69) is 20.4 Å². The average molecular weight is 392 g/mol. The van der Waals surface area contributed by atoms with Crippen LogP contribution in [0.4, 0.5) is 5.82 Å². The van der Waals surface area contributed by atoms with Crippen molar-refractivity contribution in [2.45, 2.75) is 0 Å². The molecule has 24 heavy (non-hydrogen) atoms. The summed E-state index contributed by atoms with van der Waals surface area (Å²) in [6.45, 7) is 5.50. The van der Waals surface area contributed by atoms with Crippen molar-refractivity contribution >= 4 is 42.2 Å². The van der Waals surface area contributed by atoms with Crippen LogP contribution in [0.25, 0.3) is 11.3 Å². The normalized spacial score (nSPS) is 14.4. The molecule has 2 heterocycles. The number of ether oxygens (including phenoxy) is 1. The van der Waals surface area contributed by atoms with Gasteiger partial charge in [-0.15, -0.1) is 35.0 Å². The summed E-state index contributed by atoms with van der Waals surface area (Å²) in [5, 5.41) is 12.5. The summed E-state index contributed by atoms with van der Waals surface area (Å²) in [6, 6.07) is 11.5. The van der Waals surface area contributed by atoms with Crippen molar-refractivity contribution in [3.8, 4) is 11.3 Å². The summed E-state index contributed by atoms with van der Waals surface area (Å²) in [5.74, 6) is 0.791. The van der Waals surface area contributed by atoms with Gasteiger partial charge in [-0.3, -0.25) is 4.90 Å². The van der Waals surface area contributed by atoms with Crippen LogP contribution in [-0.4, -0.2) is 54.5 Å². The lowest BCUT2D eigenvalue weighted by Gasteiger charge is -2.26. The zero-order valence-corrected chi connectivity index (χ0v) is 15.5. The van der Waals surface area contributed by atoms with Crippen LogP contribution < -0.4 is 5.32 Å². The van der Waals surface area contributed by atoms with Crippen LogP contribution in [0.5, 0.6) is 0 Å². The van der Waals surface area contributed by atoms with E-state index in [0.717, 1.165) is 56.5 Å². The van der Waals surface area contributed by atoms with Gasteiger partial charge in [-0.2, -0.15) is 0 Å². The third-order valence-corrected chi connectivity index (χ3v) is 3.86. The largest absolute Gasteiger partial charge is 0.379 e. The van der Waals surface area contributed by atoms with Gasteiger partial charge in [-0.05, 0) is 24.3 Å². The summed E-state index contributed by atoms with van der Waals surface area (Å²) in [5.41, 5.74) is 1.79. The predicted molar refractivity (Wildman–Crippen MR) is 103 cm³/mol. The van der Waals surface area contributed by atoms with Crippen LogP contribution in [0.1, 0.15) is 0 Å². The number of morpholine rings is 1. The number of nitrogens with one attached hydrogen (secondary N) is 1. The molecule has 0 amide bonds. The van der Waals surface area contributed by atoms with Crippen molar-refractivity contribution in [1.29, 1.82) is 0 Å². The lowest BCUT2D eigenvalue weighted by atomic mass is 10.1. The van der Waals surface area contributed by atoms with Gasteiger partial charge in [-0.25, -0.2) is 0 Å². The Bertz CT molecular complexity index is 607. The first-order valence-electron chi connectivity index (χ1n) is 7.45. The Kier molecular flexibility index (Phi) is 9.33. The Hall–Kier alpha value is -1.11. The molecule has 132 valence electrons. The minimum atomic E-state index is 0. The third kappa shape index (κ3) is 6.07. The molecule has 0 unspecified atom stereocenters. The molecular formula is C16H21Cl3N4O. The average Bonchev–Trinajstić information content (AvgIpc) is 2.56. The third-order valence-electron chi connectivity index (χ3n) is 3.62. The fraction of sp³-hybridized carbons (Fsp3) is 0.375. The van der Waals surface area contributed by atoms with Crippen LogP contribution in [-0.2, 0) is 4.74 Å². The van der Waals surface area contributed by atoms with E-state index >= 15 is 0 Å². The highest BCUT2D eigenvalue weighted by Gasteiger charge is 2.09. The molecule has 1 aliphatic rings. The van der Waals surface area contributed by atoms with E-state index in [9.17, 15) is 0 Å². The Balaban J connectivity index is 0.00000144. The Morgan fingerprint density at radius 1 is 1.08 bits per heavy atom. The maximum absolute atomic E-state index is 5.99. The minimum Gasteiger partial charge on any atom is -0.379 e. The van der Waals surface area contributed by atoms with E-state index in [4.69, 9.17) is 16.3 Å². The predicted octanol–water partition coefficient (Wildman–Crippen LogP) is 3.38. The second-order valence-corrected chi connectivity index (χ2v) is 5.63. The monoisotopic (exact) mass is 390 g/mol. The molecule has 0 saturated carbocycles. The van der Waals surface area contributed by atoms with Crippen molar-refractivity contribution in [3.05, 3.63) is 41.4 Å². The number of nitrogens with zero attached hydrogens (tertiary/aromatic N) is 3. The molecular weight excluding hydrogens is 371 g/mol. The molecule has 8 heteroatoms. The molecule has 0 spiro atoms. The molecule has 2 aromatic rings. The van der Waals surface area contributed by atoms with Gasteiger partial charge in [-0.1, -0.05) is 23.7 Å². The zero-order chi connectivity index (χ0) is 15.2. The van der Waals surface area contributed by atoms with Crippen molar-refractivity contribution in [1.82, 2.24) is 15.1 Å². The van der Waals surface area contributed by atoms with Gasteiger partial charge in [0.05, 0.1) is 18.9 Å². The zero-order valence-electron chi connectivity index (χ0n) is 13.2. The first-order valence-corrected chi connectivity index (χ1v) is 7.83. The molecule has 0 atom stereocenters. The van der Waals surface area contributed by atoms with Crippen LogP contribution in [0.15, 0.2) is 36.4 Å². The highest BCUT2D eigenvalue weighted by atomic mass is 35.5. The van der Waals surface area contributed by atoms with Crippen molar-refractivity contribution in [2.75, 3.05) is 44.7 Å². The van der Waals surface area contributed by atoms with Gasteiger partial charge in [0.15, 0.2) is 0 Å². The second kappa shape index (κ2) is 10.7. The van der Waals surface area contributed by atoms with Gasteiger partial charge in [0.1, 0.15) is 5.82 Å². The number of halogens is 3. The van der Waals surface area contributed by atoms with Gasteiger partial charge in [0.2, 0.25) is 0 Å². The second-order valence-electron chi connectivity index (χ2n) is 5.19. The van der Waals surface area contributed by atoms with E-state index in [1.165, 1.54) is 0 Å². The van der Waals surface area contributed by atoms with Crippen molar-refractivity contribution in [3.63, 3.8) is 0 Å². The smallest absolute Gasteiger partial charge is 0.148 e. The van der Waals surface area contributed by atoms with Gasteiger partial charge >= 0.3 is 0 Å². The van der Waals surface area contributed by atoms with Crippen molar-refractivity contribution in [2.24, 2.45) is 0 Å². The highest BCUT2D eigenvalue weighted by molar-refractivity contribution is 6.30. The summed E-state index contributed by atoms with van der Waals surface area (Å²) >= 11 is 5.99. The number of anilines is 1. The molecule has 0 radical (unpaired) electrons. The molecule has 1 fully saturated rings. The van der Waals surface area contributed by atoms with Crippen LogP contribution >= 0.6 is 36.4 Å². The van der Waals surface area contributed by atoms with Gasteiger partial charge in [0, 0.05) is 36.8 Å². The number of hydrogen-bond acceptors (Lipinski definition) is 5. The molecule has 1 aliphatic heterocycles. The maximum Gasteiger partial charge on any atom is 0.148 e. The first-order chi connectivity index (χ1) is 10.8. The van der Waals surface area contributed by atoms with E-state index in [-0.39, 0.29) is 24.8 Å². The van der Waals surface area contributed by atoms with E-state index in [1.807, 2.05) is 36.4 Å².